The van der Waals surface area contributed by atoms with Gasteiger partial charge in [-0.3, -0.25) is 15.4 Å². The van der Waals surface area contributed by atoms with Crippen molar-refractivity contribution in [1.82, 2.24) is 5.32 Å². The van der Waals surface area contributed by atoms with E-state index in [1.54, 1.807) is 57.2 Å². The van der Waals surface area contributed by atoms with E-state index in [2.05, 4.69) is 16.0 Å². The maximum absolute atomic E-state index is 12.1. The van der Waals surface area contributed by atoms with Crippen LogP contribution in [0.5, 0.6) is 0 Å². The van der Waals surface area contributed by atoms with Gasteiger partial charge in [-0.1, -0.05) is 24.3 Å². The van der Waals surface area contributed by atoms with Crippen molar-refractivity contribution in [3.05, 3.63) is 60.2 Å². The molecule has 158 valence electrons. The molecule has 0 saturated carbocycles. The van der Waals surface area contributed by atoms with Crippen LogP contribution >= 0.6 is 0 Å². The van der Waals surface area contributed by atoms with Gasteiger partial charge in [-0.05, 0) is 51.1 Å². The van der Waals surface area contributed by atoms with E-state index in [4.69, 9.17) is 9.47 Å². The number of benzene rings is 2. The predicted molar refractivity (Wildman–Crippen MR) is 110 cm³/mol. The van der Waals surface area contributed by atoms with E-state index in [0.717, 1.165) is 0 Å². The van der Waals surface area contributed by atoms with Crippen molar-refractivity contribution >= 4 is 35.4 Å². The standard InChI is InChI=1S/C21H23N3O6/c1-21(2,3)30-20(28)23-16-11-7-8-14(12-16)18(26)29-13-17(25)24-19(27)22-15-9-5-4-6-10-15/h4-12H,13H2,1-3H3,(H,23,28)(H2,22,24,25,27). The molecule has 0 aliphatic rings. The van der Waals surface area contributed by atoms with Gasteiger partial charge in [0, 0.05) is 11.4 Å². The van der Waals surface area contributed by atoms with E-state index in [9.17, 15) is 19.2 Å². The van der Waals surface area contributed by atoms with Gasteiger partial charge in [-0.2, -0.15) is 0 Å². The maximum Gasteiger partial charge on any atom is 0.412 e. The third-order valence-corrected chi connectivity index (χ3v) is 3.36. The smallest absolute Gasteiger partial charge is 0.412 e. The van der Waals surface area contributed by atoms with Crippen LogP contribution in [0.2, 0.25) is 0 Å². The molecule has 9 nitrogen and oxygen atoms in total. The molecule has 2 aromatic rings. The van der Waals surface area contributed by atoms with Crippen LogP contribution in [-0.4, -0.2) is 36.2 Å². The molecule has 0 spiro atoms. The van der Waals surface area contributed by atoms with Gasteiger partial charge in [0.05, 0.1) is 5.56 Å². The van der Waals surface area contributed by atoms with Crippen LogP contribution in [0.15, 0.2) is 54.6 Å². The second-order valence-corrected chi connectivity index (χ2v) is 7.15. The number of anilines is 2. The molecule has 0 radical (unpaired) electrons. The lowest BCUT2D eigenvalue weighted by molar-refractivity contribution is -0.123. The Morgan fingerprint density at radius 1 is 0.867 bits per heavy atom. The normalized spacial score (nSPS) is 10.5. The van der Waals surface area contributed by atoms with Crippen molar-refractivity contribution in [2.75, 3.05) is 17.2 Å². The number of para-hydroxylation sites is 1. The van der Waals surface area contributed by atoms with Gasteiger partial charge in [-0.25, -0.2) is 14.4 Å². The number of carbonyl (C=O) groups is 4. The molecule has 0 saturated heterocycles. The van der Waals surface area contributed by atoms with Gasteiger partial charge in [0.1, 0.15) is 5.60 Å². The highest BCUT2D eigenvalue weighted by molar-refractivity contribution is 6.02. The lowest BCUT2D eigenvalue weighted by Gasteiger charge is -2.19. The summed E-state index contributed by atoms with van der Waals surface area (Å²) in [7, 11) is 0. The van der Waals surface area contributed by atoms with E-state index >= 15 is 0 Å². The Kier molecular flexibility index (Phi) is 7.51. The summed E-state index contributed by atoms with van der Waals surface area (Å²) in [6.45, 7) is 4.54. The zero-order valence-electron chi connectivity index (χ0n) is 16.9. The molecular formula is C21H23N3O6. The first-order valence-electron chi connectivity index (χ1n) is 9.05. The molecule has 30 heavy (non-hydrogen) atoms. The van der Waals surface area contributed by atoms with Crippen LogP contribution in [0, 0.1) is 0 Å². The van der Waals surface area contributed by atoms with Crippen molar-refractivity contribution in [3.8, 4) is 0 Å². The number of ether oxygens (including phenoxy) is 2. The number of amides is 4. The molecule has 0 aromatic heterocycles. The average molecular weight is 413 g/mol. The van der Waals surface area contributed by atoms with Crippen molar-refractivity contribution in [2.45, 2.75) is 26.4 Å². The Balaban J connectivity index is 1.83. The molecule has 0 atom stereocenters. The van der Waals surface area contributed by atoms with Gasteiger partial charge < -0.3 is 14.8 Å². The van der Waals surface area contributed by atoms with Crippen LogP contribution in [0.1, 0.15) is 31.1 Å². The number of hydrogen-bond donors (Lipinski definition) is 3. The second kappa shape index (κ2) is 10.1. The van der Waals surface area contributed by atoms with Crippen LogP contribution < -0.4 is 16.0 Å². The fourth-order valence-electron chi connectivity index (χ4n) is 2.21. The van der Waals surface area contributed by atoms with Crippen molar-refractivity contribution in [2.24, 2.45) is 0 Å². The first-order valence-corrected chi connectivity index (χ1v) is 9.05. The summed E-state index contributed by atoms with van der Waals surface area (Å²) in [5.41, 5.74) is 0.283. The fourth-order valence-corrected chi connectivity index (χ4v) is 2.21. The summed E-state index contributed by atoms with van der Waals surface area (Å²) in [5.74, 6) is -1.58. The van der Waals surface area contributed by atoms with Crippen LogP contribution in [0.3, 0.4) is 0 Å². The SMILES string of the molecule is CC(C)(C)OC(=O)Nc1cccc(C(=O)OCC(=O)NC(=O)Nc2ccccc2)c1. The predicted octanol–water partition coefficient (Wildman–Crippen LogP) is 3.54. The van der Waals surface area contributed by atoms with E-state index in [1.807, 2.05) is 0 Å². The summed E-state index contributed by atoms with van der Waals surface area (Å²) in [6, 6.07) is 13.8. The zero-order valence-corrected chi connectivity index (χ0v) is 16.9. The Bertz CT molecular complexity index is 922. The summed E-state index contributed by atoms with van der Waals surface area (Å²) in [4.78, 5) is 47.5. The van der Waals surface area contributed by atoms with Gasteiger partial charge >= 0.3 is 18.1 Å². The lowest BCUT2D eigenvalue weighted by atomic mass is 10.2. The minimum atomic E-state index is -0.792. The largest absolute Gasteiger partial charge is 0.452 e. The molecular weight excluding hydrogens is 390 g/mol. The number of carbonyl (C=O) groups excluding carboxylic acids is 4. The number of hydrogen-bond acceptors (Lipinski definition) is 6. The fraction of sp³-hybridized carbons (Fsp3) is 0.238. The van der Waals surface area contributed by atoms with Crippen LogP contribution in [0.4, 0.5) is 21.0 Å². The molecule has 0 unspecified atom stereocenters. The molecule has 9 heteroatoms. The van der Waals surface area contributed by atoms with E-state index < -0.39 is 36.2 Å². The maximum atomic E-state index is 12.1. The topological polar surface area (TPSA) is 123 Å². The highest BCUT2D eigenvalue weighted by atomic mass is 16.6. The summed E-state index contributed by atoms with van der Waals surface area (Å²) < 4.78 is 10.1. The Morgan fingerprint density at radius 3 is 2.20 bits per heavy atom. The van der Waals surface area contributed by atoms with Crippen molar-refractivity contribution < 1.29 is 28.7 Å². The number of nitrogens with one attached hydrogen (secondary N) is 3. The lowest BCUT2D eigenvalue weighted by Crippen LogP contribution is -2.37. The van der Waals surface area contributed by atoms with Crippen LogP contribution in [-0.2, 0) is 14.3 Å². The molecule has 2 rings (SSSR count). The minimum Gasteiger partial charge on any atom is -0.452 e. The Labute approximate surface area is 173 Å². The summed E-state index contributed by atoms with van der Waals surface area (Å²) >= 11 is 0. The Hall–Kier alpha value is -3.88. The Morgan fingerprint density at radius 2 is 1.53 bits per heavy atom. The number of rotatable bonds is 5. The molecule has 0 heterocycles. The van der Waals surface area contributed by atoms with E-state index in [0.29, 0.717) is 11.4 Å². The number of imide groups is 1. The van der Waals surface area contributed by atoms with Gasteiger partial charge in [0.25, 0.3) is 5.91 Å². The first kappa shape index (κ1) is 22.4. The molecule has 0 bridgehead atoms. The van der Waals surface area contributed by atoms with Crippen molar-refractivity contribution in [1.29, 1.82) is 0 Å². The molecule has 2 aromatic carbocycles. The summed E-state index contributed by atoms with van der Waals surface area (Å²) in [6.07, 6.45) is -0.670. The highest BCUT2D eigenvalue weighted by Crippen LogP contribution is 2.14. The molecule has 0 fully saturated rings. The average Bonchev–Trinajstić information content (AvgIpc) is 2.65. The van der Waals surface area contributed by atoms with Gasteiger partial charge in [-0.15, -0.1) is 0 Å². The molecule has 0 aliphatic heterocycles. The first-order chi connectivity index (χ1) is 14.1. The molecule has 4 amide bonds. The highest BCUT2D eigenvalue weighted by Gasteiger charge is 2.17. The molecule has 0 aliphatic carbocycles. The van der Waals surface area contributed by atoms with Gasteiger partial charge in [0.15, 0.2) is 6.61 Å². The van der Waals surface area contributed by atoms with Gasteiger partial charge in [0.2, 0.25) is 0 Å². The monoisotopic (exact) mass is 413 g/mol. The third-order valence-electron chi connectivity index (χ3n) is 3.36. The number of urea groups is 1. The molecule has 3 N–H and O–H groups in total. The quantitative estimate of drug-likeness (QED) is 0.645. The zero-order chi connectivity index (χ0) is 22.1. The van der Waals surface area contributed by atoms with Crippen LogP contribution in [0.25, 0.3) is 0 Å². The van der Waals surface area contributed by atoms with E-state index in [-0.39, 0.29) is 5.56 Å². The number of esters is 1. The third kappa shape index (κ3) is 8.01. The summed E-state index contributed by atoms with van der Waals surface area (Å²) in [5, 5.41) is 7.03. The second-order valence-electron chi connectivity index (χ2n) is 7.15. The van der Waals surface area contributed by atoms with Crippen molar-refractivity contribution in [3.63, 3.8) is 0 Å². The minimum absolute atomic E-state index is 0.116. The van der Waals surface area contributed by atoms with E-state index in [1.165, 1.54) is 18.2 Å².